The Morgan fingerprint density at radius 2 is 1.69 bits per heavy atom. The maximum Gasteiger partial charge on any atom is 0.321 e. The number of nitrogens with one attached hydrogen (secondary N) is 2. The van der Waals surface area contributed by atoms with Crippen molar-refractivity contribution in [2.45, 2.75) is 20.8 Å². The summed E-state index contributed by atoms with van der Waals surface area (Å²) in [7, 11) is 0. The molecule has 1 saturated heterocycles. The summed E-state index contributed by atoms with van der Waals surface area (Å²) < 4.78 is 13.7. The van der Waals surface area contributed by atoms with Crippen LogP contribution in [0.5, 0.6) is 0 Å². The highest BCUT2D eigenvalue weighted by atomic mass is 19.1. The number of carbonyl (C=O) groups excluding carboxylic acids is 1. The van der Waals surface area contributed by atoms with Crippen molar-refractivity contribution in [3.05, 3.63) is 71.3 Å². The summed E-state index contributed by atoms with van der Waals surface area (Å²) >= 11 is 0. The van der Waals surface area contributed by atoms with Crippen molar-refractivity contribution in [2.24, 2.45) is 0 Å². The van der Waals surface area contributed by atoms with Gasteiger partial charge in [-0.1, -0.05) is 23.8 Å². The van der Waals surface area contributed by atoms with E-state index < -0.39 is 0 Å². The number of urea groups is 1. The highest BCUT2D eigenvalue weighted by molar-refractivity contribution is 5.90. The van der Waals surface area contributed by atoms with Crippen LogP contribution in [-0.2, 0) is 0 Å². The molecular weight excluding hydrogens is 407 g/mol. The van der Waals surface area contributed by atoms with Gasteiger partial charge in [0.1, 0.15) is 23.3 Å². The fourth-order valence-corrected chi connectivity index (χ4v) is 3.64. The molecule has 7 nitrogen and oxygen atoms in total. The first-order valence-corrected chi connectivity index (χ1v) is 10.6. The van der Waals surface area contributed by atoms with Gasteiger partial charge in [-0.3, -0.25) is 0 Å². The smallest absolute Gasteiger partial charge is 0.321 e. The summed E-state index contributed by atoms with van der Waals surface area (Å²) in [4.78, 5) is 25.6. The SMILES string of the molecule is Cc1ccc(Nc2cc(N3CCN(C(=O)Nc4cccc(F)c4C)CC3)nc(C)n2)cc1. The van der Waals surface area contributed by atoms with Gasteiger partial charge in [-0.25, -0.2) is 19.2 Å². The van der Waals surface area contributed by atoms with E-state index in [0.717, 1.165) is 17.3 Å². The molecule has 1 aliphatic rings. The van der Waals surface area contributed by atoms with Gasteiger partial charge >= 0.3 is 6.03 Å². The fraction of sp³-hybridized carbons (Fsp3) is 0.292. The highest BCUT2D eigenvalue weighted by Gasteiger charge is 2.23. The standard InChI is InChI=1S/C24H27FN6O/c1-16-7-9-19(10-8-16)28-22-15-23(27-18(3)26-22)30-11-13-31(14-12-30)24(32)29-21-6-4-5-20(25)17(21)2/h4-10,15H,11-14H2,1-3H3,(H,29,32)(H,26,27,28). The van der Waals surface area contributed by atoms with Crippen LogP contribution in [0.3, 0.4) is 0 Å². The largest absolute Gasteiger partial charge is 0.353 e. The van der Waals surface area contributed by atoms with Gasteiger partial charge in [0.05, 0.1) is 0 Å². The number of carbonyl (C=O) groups is 1. The second kappa shape index (κ2) is 9.21. The zero-order valence-corrected chi connectivity index (χ0v) is 18.5. The molecule has 0 atom stereocenters. The lowest BCUT2D eigenvalue weighted by molar-refractivity contribution is 0.208. The molecule has 32 heavy (non-hydrogen) atoms. The van der Waals surface area contributed by atoms with E-state index in [2.05, 4.69) is 32.4 Å². The average molecular weight is 435 g/mol. The first kappa shape index (κ1) is 21.5. The number of piperazine rings is 1. The Labute approximate surface area is 187 Å². The van der Waals surface area contributed by atoms with Crippen molar-refractivity contribution < 1.29 is 9.18 Å². The molecule has 0 radical (unpaired) electrons. The van der Waals surface area contributed by atoms with E-state index >= 15 is 0 Å². The number of nitrogens with zero attached hydrogens (tertiary/aromatic N) is 4. The summed E-state index contributed by atoms with van der Waals surface area (Å²) in [5.41, 5.74) is 3.10. The van der Waals surface area contributed by atoms with Crippen molar-refractivity contribution >= 4 is 29.0 Å². The maximum absolute atomic E-state index is 13.7. The summed E-state index contributed by atoms with van der Waals surface area (Å²) in [5.74, 6) is 1.91. The third kappa shape index (κ3) is 4.96. The van der Waals surface area contributed by atoms with Crippen LogP contribution in [0.4, 0.5) is 32.2 Å². The quantitative estimate of drug-likeness (QED) is 0.626. The molecule has 0 saturated carbocycles. The lowest BCUT2D eigenvalue weighted by atomic mass is 10.2. The van der Waals surface area contributed by atoms with Crippen molar-refractivity contribution in [3.63, 3.8) is 0 Å². The molecule has 166 valence electrons. The van der Waals surface area contributed by atoms with E-state index in [1.165, 1.54) is 11.6 Å². The van der Waals surface area contributed by atoms with Gasteiger partial charge < -0.3 is 20.4 Å². The van der Waals surface area contributed by atoms with Crippen molar-refractivity contribution in [1.82, 2.24) is 14.9 Å². The first-order valence-electron chi connectivity index (χ1n) is 10.6. The minimum absolute atomic E-state index is 0.223. The monoisotopic (exact) mass is 434 g/mol. The molecule has 0 unspecified atom stereocenters. The van der Waals surface area contributed by atoms with Gasteiger partial charge in [-0.2, -0.15) is 0 Å². The van der Waals surface area contributed by atoms with Gasteiger partial charge in [-0.15, -0.1) is 0 Å². The van der Waals surface area contributed by atoms with Crippen LogP contribution in [0.25, 0.3) is 0 Å². The van der Waals surface area contributed by atoms with Gasteiger partial charge in [0.15, 0.2) is 0 Å². The van der Waals surface area contributed by atoms with E-state index in [4.69, 9.17) is 0 Å². The Morgan fingerprint density at radius 3 is 2.41 bits per heavy atom. The third-order valence-corrected chi connectivity index (χ3v) is 5.55. The zero-order valence-electron chi connectivity index (χ0n) is 18.5. The normalized spacial score (nSPS) is 13.8. The lowest BCUT2D eigenvalue weighted by Gasteiger charge is -2.35. The number of benzene rings is 2. The molecule has 2 aromatic carbocycles. The number of halogens is 1. The van der Waals surface area contributed by atoms with E-state index in [9.17, 15) is 9.18 Å². The number of anilines is 4. The Bertz CT molecular complexity index is 1110. The van der Waals surface area contributed by atoms with E-state index in [-0.39, 0.29) is 11.8 Å². The maximum atomic E-state index is 13.7. The number of rotatable bonds is 4. The molecule has 0 aliphatic carbocycles. The second-order valence-corrected chi connectivity index (χ2v) is 7.97. The predicted molar refractivity (Wildman–Crippen MR) is 125 cm³/mol. The van der Waals surface area contributed by atoms with Crippen LogP contribution in [0, 0.1) is 26.6 Å². The third-order valence-electron chi connectivity index (χ3n) is 5.55. The Hall–Kier alpha value is -3.68. The molecule has 3 aromatic rings. The Balaban J connectivity index is 1.39. The molecule has 2 amide bonds. The summed E-state index contributed by atoms with van der Waals surface area (Å²) in [6.07, 6.45) is 0. The van der Waals surface area contributed by atoms with Crippen LogP contribution in [-0.4, -0.2) is 47.1 Å². The topological polar surface area (TPSA) is 73.4 Å². The summed E-state index contributed by atoms with van der Waals surface area (Å²) in [6.45, 7) is 7.97. The minimum Gasteiger partial charge on any atom is -0.353 e. The van der Waals surface area contributed by atoms with Crippen molar-refractivity contribution in [1.29, 1.82) is 0 Å². The number of aryl methyl sites for hydroxylation is 2. The van der Waals surface area contributed by atoms with E-state index in [1.54, 1.807) is 24.0 Å². The van der Waals surface area contributed by atoms with Gasteiger partial charge in [-0.05, 0) is 45.0 Å². The fourth-order valence-electron chi connectivity index (χ4n) is 3.64. The molecule has 4 rings (SSSR count). The van der Waals surface area contributed by atoms with Crippen LogP contribution in [0.2, 0.25) is 0 Å². The predicted octanol–water partition coefficient (Wildman–Crippen LogP) is 4.64. The van der Waals surface area contributed by atoms with Gasteiger partial charge in [0.25, 0.3) is 0 Å². The van der Waals surface area contributed by atoms with E-state index in [1.807, 2.05) is 37.3 Å². The second-order valence-electron chi connectivity index (χ2n) is 7.97. The first-order chi connectivity index (χ1) is 15.4. The summed E-state index contributed by atoms with van der Waals surface area (Å²) in [6, 6.07) is 14.5. The Kier molecular flexibility index (Phi) is 6.20. The molecular formula is C24H27FN6O. The molecule has 2 heterocycles. The molecule has 1 aromatic heterocycles. The zero-order chi connectivity index (χ0) is 22.7. The van der Waals surface area contributed by atoms with Gasteiger partial charge in [0.2, 0.25) is 0 Å². The van der Waals surface area contributed by atoms with Crippen LogP contribution in [0.15, 0.2) is 48.5 Å². The summed E-state index contributed by atoms with van der Waals surface area (Å²) in [5, 5.41) is 6.15. The molecule has 1 fully saturated rings. The molecule has 0 bridgehead atoms. The van der Waals surface area contributed by atoms with Crippen LogP contribution >= 0.6 is 0 Å². The lowest BCUT2D eigenvalue weighted by Crippen LogP contribution is -2.50. The molecule has 2 N–H and O–H groups in total. The molecule has 0 spiro atoms. The molecule has 1 aliphatic heterocycles. The van der Waals surface area contributed by atoms with E-state index in [0.29, 0.717) is 43.3 Å². The van der Waals surface area contributed by atoms with Crippen molar-refractivity contribution in [2.75, 3.05) is 41.7 Å². The van der Waals surface area contributed by atoms with Gasteiger partial charge in [0, 0.05) is 49.2 Å². The number of hydrogen-bond acceptors (Lipinski definition) is 5. The van der Waals surface area contributed by atoms with Crippen molar-refractivity contribution in [3.8, 4) is 0 Å². The minimum atomic E-state index is -0.332. The molecule has 8 heteroatoms. The highest BCUT2D eigenvalue weighted by Crippen LogP contribution is 2.22. The number of aromatic nitrogens is 2. The average Bonchev–Trinajstić information content (AvgIpc) is 2.78. The van der Waals surface area contributed by atoms with Crippen LogP contribution < -0.4 is 15.5 Å². The number of hydrogen-bond donors (Lipinski definition) is 2. The Morgan fingerprint density at radius 1 is 0.969 bits per heavy atom. The van der Waals surface area contributed by atoms with Crippen LogP contribution in [0.1, 0.15) is 17.0 Å². The number of amides is 2.